The van der Waals surface area contributed by atoms with Crippen LogP contribution in [0, 0.1) is 5.92 Å². The van der Waals surface area contributed by atoms with Gasteiger partial charge in [0.05, 0.1) is 25.0 Å². The summed E-state index contributed by atoms with van der Waals surface area (Å²) in [6, 6.07) is 10.7. The van der Waals surface area contributed by atoms with Crippen LogP contribution in [0.25, 0.3) is 0 Å². The molecule has 8 heteroatoms. The molecule has 1 saturated carbocycles. The number of thioether (sulfide) groups is 1. The van der Waals surface area contributed by atoms with Crippen LogP contribution in [0.4, 0.5) is 5.95 Å². The van der Waals surface area contributed by atoms with Crippen LogP contribution in [-0.4, -0.2) is 52.7 Å². The molecule has 1 aliphatic heterocycles. The summed E-state index contributed by atoms with van der Waals surface area (Å²) in [6.45, 7) is 7.48. The maximum absolute atomic E-state index is 12.8. The molecule has 2 heterocycles. The van der Waals surface area contributed by atoms with Crippen molar-refractivity contribution >= 4 is 23.6 Å². The van der Waals surface area contributed by atoms with Crippen molar-refractivity contribution in [2.45, 2.75) is 50.4 Å². The van der Waals surface area contributed by atoms with E-state index < -0.39 is 0 Å². The van der Waals surface area contributed by atoms with Gasteiger partial charge in [-0.2, -0.15) is 0 Å². The van der Waals surface area contributed by atoms with Gasteiger partial charge in [-0.15, -0.1) is 10.2 Å². The first-order valence-electron chi connectivity index (χ1n) is 10.9. The van der Waals surface area contributed by atoms with E-state index in [0.29, 0.717) is 17.7 Å². The van der Waals surface area contributed by atoms with E-state index in [1.54, 1.807) is 0 Å². The number of ether oxygens (including phenoxy) is 1. The largest absolute Gasteiger partial charge is 0.378 e. The van der Waals surface area contributed by atoms with Gasteiger partial charge >= 0.3 is 0 Å². The number of rotatable bonds is 9. The fourth-order valence-electron chi connectivity index (χ4n) is 3.80. The van der Waals surface area contributed by atoms with E-state index in [1.807, 2.05) is 18.2 Å². The monoisotopic (exact) mass is 429 g/mol. The lowest BCUT2D eigenvalue weighted by Gasteiger charge is -2.27. The van der Waals surface area contributed by atoms with Crippen molar-refractivity contribution in [3.8, 4) is 0 Å². The highest BCUT2D eigenvalue weighted by molar-refractivity contribution is 7.99. The maximum atomic E-state index is 12.8. The molecule has 0 spiro atoms. The highest BCUT2D eigenvalue weighted by Gasteiger charge is 2.32. The van der Waals surface area contributed by atoms with Crippen LogP contribution in [0.1, 0.15) is 50.8 Å². The van der Waals surface area contributed by atoms with Crippen molar-refractivity contribution in [1.82, 2.24) is 20.1 Å². The molecular weight excluding hydrogens is 398 g/mol. The van der Waals surface area contributed by atoms with Crippen LogP contribution in [0.5, 0.6) is 0 Å². The summed E-state index contributed by atoms with van der Waals surface area (Å²) in [6.07, 6.45) is 3.22. The first kappa shape index (κ1) is 21.2. The number of amides is 1. The van der Waals surface area contributed by atoms with E-state index in [4.69, 9.17) is 4.74 Å². The molecule has 4 rings (SSSR count). The molecule has 0 radical (unpaired) electrons. The Morgan fingerprint density at radius 3 is 2.60 bits per heavy atom. The summed E-state index contributed by atoms with van der Waals surface area (Å²) >= 11 is 1.48. The quantitative estimate of drug-likeness (QED) is 0.616. The first-order chi connectivity index (χ1) is 14.6. The first-order valence-corrected chi connectivity index (χ1v) is 11.8. The molecular formula is C22H31N5O2S. The molecule has 1 saturated heterocycles. The minimum atomic E-state index is 0.0320. The molecule has 1 N–H and O–H groups in total. The average molecular weight is 430 g/mol. The average Bonchev–Trinajstić information content (AvgIpc) is 3.51. The normalized spacial score (nSPS) is 17.9. The fraction of sp³-hybridized carbons (Fsp3) is 0.591. The number of benzene rings is 1. The number of carbonyl (C=O) groups is 1. The van der Waals surface area contributed by atoms with Gasteiger partial charge in [0.25, 0.3) is 0 Å². The molecule has 1 aromatic carbocycles. The molecule has 1 aliphatic carbocycles. The summed E-state index contributed by atoms with van der Waals surface area (Å²) in [7, 11) is 0. The van der Waals surface area contributed by atoms with E-state index in [9.17, 15) is 4.79 Å². The van der Waals surface area contributed by atoms with Gasteiger partial charge in [-0.25, -0.2) is 0 Å². The van der Waals surface area contributed by atoms with Gasteiger partial charge in [0.15, 0.2) is 5.16 Å². The number of nitrogens with one attached hydrogen (secondary N) is 1. The summed E-state index contributed by atoms with van der Waals surface area (Å²) < 4.78 is 7.69. The highest BCUT2D eigenvalue weighted by atomic mass is 32.2. The molecule has 2 aromatic rings. The smallest absolute Gasteiger partial charge is 0.230 e. The predicted molar refractivity (Wildman–Crippen MR) is 119 cm³/mol. The lowest BCUT2D eigenvalue weighted by molar-refractivity contribution is -0.119. The van der Waals surface area contributed by atoms with Gasteiger partial charge in [-0.05, 0) is 30.7 Å². The van der Waals surface area contributed by atoms with Crippen LogP contribution in [0.2, 0.25) is 0 Å². The summed E-state index contributed by atoms with van der Waals surface area (Å²) in [5.74, 6) is 1.80. The van der Waals surface area contributed by atoms with Crippen molar-refractivity contribution in [3.63, 3.8) is 0 Å². The number of anilines is 1. The Morgan fingerprint density at radius 1 is 1.20 bits per heavy atom. The van der Waals surface area contributed by atoms with Gasteiger partial charge in [-0.1, -0.05) is 55.9 Å². The highest BCUT2D eigenvalue weighted by Crippen LogP contribution is 2.41. The van der Waals surface area contributed by atoms with Crippen LogP contribution in [0.15, 0.2) is 35.5 Å². The van der Waals surface area contributed by atoms with Crippen molar-refractivity contribution in [2.24, 2.45) is 5.92 Å². The fourth-order valence-corrected chi connectivity index (χ4v) is 4.61. The third-order valence-corrected chi connectivity index (χ3v) is 6.37. The third-order valence-electron chi connectivity index (χ3n) is 5.43. The van der Waals surface area contributed by atoms with Crippen LogP contribution < -0.4 is 10.2 Å². The van der Waals surface area contributed by atoms with Crippen molar-refractivity contribution in [2.75, 3.05) is 37.0 Å². The Labute approximate surface area is 182 Å². The molecule has 162 valence electrons. The van der Waals surface area contributed by atoms with Crippen molar-refractivity contribution in [3.05, 3.63) is 35.9 Å². The third kappa shape index (κ3) is 5.35. The van der Waals surface area contributed by atoms with Crippen LogP contribution in [0.3, 0.4) is 0 Å². The van der Waals surface area contributed by atoms with Gasteiger partial charge < -0.3 is 15.0 Å². The van der Waals surface area contributed by atoms with Gasteiger partial charge in [-0.3, -0.25) is 9.36 Å². The van der Waals surface area contributed by atoms with Crippen LogP contribution in [-0.2, 0) is 9.53 Å². The number of nitrogens with zero attached hydrogens (tertiary/aromatic N) is 4. The molecule has 1 aromatic heterocycles. The SMILES string of the molecule is CC(C)CC(NC(=O)CSc1nnc(N2CCOCC2)n1C1CC1)c1ccccc1. The molecule has 1 unspecified atom stereocenters. The number of carbonyl (C=O) groups excluding carboxylic acids is 1. The minimum absolute atomic E-state index is 0.0320. The summed E-state index contributed by atoms with van der Waals surface area (Å²) in [5.41, 5.74) is 1.15. The van der Waals surface area contributed by atoms with Gasteiger partial charge in [0.2, 0.25) is 11.9 Å². The summed E-state index contributed by atoms with van der Waals surface area (Å²) in [4.78, 5) is 15.0. The molecule has 30 heavy (non-hydrogen) atoms. The molecule has 1 amide bonds. The van der Waals surface area contributed by atoms with Crippen LogP contribution >= 0.6 is 11.8 Å². The number of hydrogen-bond donors (Lipinski definition) is 1. The Hall–Kier alpha value is -2.06. The zero-order valence-corrected chi connectivity index (χ0v) is 18.6. The lowest BCUT2D eigenvalue weighted by Crippen LogP contribution is -2.38. The van der Waals surface area contributed by atoms with Gasteiger partial charge in [0, 0.05) is 19.1 Å². The number of morpholine rings is 1. The minimum Gasteiger partial charge on any atom is -0.378 e. The molecule has 1 atom stereocenters. The molecule has 2 aliphatic rings. The topological polar surface area (TPSA) is 72.3 Å². The van der Waals surface area contributed by atoms with E-state index in [-0.39, 0.29) is 11.9 Å². The zero-order chi connectivity index (χ0) is 20.9. The molecule has 0 bridgehead atoms. The molecule has 2 fully saturated rings. The second-order valence-electron chi connectivity index (χ2n) is 8.43. The summed E-state index contributed by atoms with van der Waals surface area (Å²) in [5, 5.41) is 12.9. The van der Waals surface area contributed by atoms with Crippen molar-refractivity contribution in [1.29, 1.82) is 0 Å². The van der Waals surface area contributed by atoms with E-state index in [0.717, 1.165) is 62.2 Å². The second-order valence-corrected chi connectivity index (χ2v) is 9.37. The predicted octanol–water partition coefficient (Wildman–Crippen LogP) is 3.45. The Kier molecular flexibility index (Phi) is 6.94. The number of hydrogen-bond acceptors (Lipinski definition) is 6. The Morgan fingerprint density at radius 2 is 1.93 bits per heavy atom. The Bertz CT molecular complexity index is 831. The van der Waals surface area contributed by atoms with E-state index in [1.165, 1.54) is 11.8 Å². The van der Waals surface area contributed by atoms with E-state index >= 15 is 0 Å². The van der Waals surface area contributed by atoms with Crippen molar-refractivity contribution < 1.29 is 9.53 Å². The zero-order valence-electron chi connectivity index (χ0n) is 17.8. The van der Waals surface area contributed by atoms with Gasteiger partial charge in [0.1, 0.15) is 0 Å². The molecule has 7 nitrogen and oxygen atoms in total. The second kappa shape index (κ2) is 9.83. The standard InChI is InChI=1S/C22H31N5O2S/c1-16(2)14-19(17-6-4-3-5-7-17)23-20(28)15-30-22-25-24-21(27(22)18-8-9-18)26-10-12-29-13-11-26/h3-7,16,18-19H,8-15H2,1-2H3,(H,23,28). The Balaban J connectivity index is 1.40. The number of aromatic nitrogens is 3. The van der Waals surface area contributed by atoms with E-state index in [2.05, 4.69) is 51.0 Å². The lowest BCUT2D eigenvalue weighted by atomic mass is 9.97. The maximum Gasteiger partial charge on any atom is 0.230 e.